The van der Waals surface area contributed by atoms with E-state index in [4.69, 9.17) is 0 Å². The fraction of sp³-hybridized carbons (Fsp3) is 1.00. The number of hydrogen-bond donors (Lipinski definition) is 1. The standard InChI is InChI=1S/C9H19N.C2H6/c1-3-4-6-9(2)7-5-8-10-9;1-2/h10H,3-8H2,1-2H3;1-2H3. The fourth-order valence-corrected chi connectivity index (χ4v) is 1.74. The van der Waals surface area contributed by atoms with Crippen molar-refractivity contribution in [1.29, 1.82) is 0 Å². The van der Waals surface area contributed by atoms with Crippen LogP contribution in [-0.4, -0.2) is 12.1 Å². The molecule has 1 atom stereocenters. The van der Waals surface area contributed by atoms with Crippen LogP contribution in [0.1, 0.15) is 59.8 Å². The zero-order chi connectivity index (χ0) is 9.45. The Bertz CT molecular complexity index is 93.2. The molecule has 1 nitrogen and oxygen atoms in total. The largest absolute Gasteiger partial charge is 0.312 e. The molecule has 74 valence electrons. The molecule has 1 heteroatoms. The van der Waals surface area contributed by atoms with E-state index in [0.717, 1.165) is 0 Å². The Hall–Kier alpha value is -0.0400. The number of hydrogen-bond acceptors (Lipinski definition) is 1. The van der Waals surface area contributed by atoms with Crippen LogP contribution in [-0.2, 0) is 0 Å². The third kappa shape index (κ3) is 4.10. The van der Waals surface area contributed by atoms with Gasteiger partial charge >= 0.3 is 0 Å². The predicted octanol–water partition coefficient (Wildman–Crippen LogP) is 3.34. The maximum atomic E-state index is 3.57. The van der Waals surface area contributed by atoms with E-state index in [1.54, 1.807) is 0 Å². The maximum absolute atomic E-state index is 3.57. The van der Waals surface area contributed by atoms with Crippen LogP contribution in [0.3, 0.4) is 0 Å². The summed E-state index contributed by atoms with van der Waals surface area (Å²) in [5.41, 5.74) is 0.496. The second kappa shape index (κ2) is 6.47. The first-order chi connectivity index (χ1) is 5.77. The van der Waals surface area contributed by atoms with E-state index in [0.29, 0.717) is 5.54 Å². The van der Waals surface area contributed by atoms with Gasteiger partial charge in [-0.05, 0) is 32.7 Å². The quantitative estimate of drug-likeness (QED) is 0.686. The van der Waals surface area contributed by atoms with Crippen molar-refractivity contribution < 1.29 is 0 Å². The molecule has 0 radical (unpaired) electrons. The van der Waals surface area contributed by atoms with Crippen molar-refractivity contribution in [3.63, 3.8) is 0 Å². The van der Waals surface area contributed by atoms with Crippen molar-refractivity contribution in [2.24, 2.45) is 0 Å². The number of nitrogens with one attached hydrogen (secondary N) is 1. The van der Waals surface area contributed by atoms with Crippen LogP contribution in [0.15, 0.2) is 0 Å². The normalized spacial score (nSPS) is 28.0. The molecule has 1 fully saturated rings. The summed E-state index contributed by atoms with van der Waals surface area (Å²) in [6.45, 7) is 9.86. The molecule has 0 saturated carbocycles. The Morgan fingerprint density at radius 3 is 2.42 bits per heavy atom. The second-order valence-corrected chi connectivity index (χ2v) is 3.69. The van der Waals surface area contributed by atoms with E-state index in [1.807, 2.05) is 13.8 Å². The average Bonchev–Trinajstić information content (AvgIpc) is 2.53. The fourth-order valence-electron chi connectivity index (χ4n) is 1.74. The van der Waals surface area contributed by atoms with Gasteiger partial charge in [0.1, 0.15) is 0 Å². The lowest BCUT2D eigenvalue weighted by Crippen LogP contribution is -2.35. The molecule has 12 heavy (non-hydrogen) atoms. The Balaban J connectivity index is 0.000000561. The second-order valence-electron chi connectivity index (χ2n) is 3.69. The van der Waals surface area contributed by atoms with Crippen LogP contribution < -0.4 is 5.32 Å². The summed E-state index contributed by atoms with van der Waals surface area (Å²) < 4.78 is 0. The van der Waals surface area contributed by atoms with Gasteiger partial charge in [-0.2, -0.15) is 0 Å². The van der Waals surface area contributed by atoms with Gasteiger partial charge in [-0.1, -0.05) is 33.6 Å². The smallest absolute Gasteiger partial charge is 0.0153 e. The maximum Gasteiger partial charge on any atom is 0.0153 e. The van der Waals surface area contributed by atoms with Gasteiger partial charge < -0.3 is 5.32 Å². The van der Waals surface area contributed by atoms with Gasteiger partial charge in [-0.15, -0.1) is 0 Å². The molecular weight excluding hydrogens is 146 g/mol. The van der Waals surface area contributed by atoms with Crippen LogP contribution in [0.5, 0.6) is 0 Å². The summed E-state index contributed by atoms with van der Waals surface area (Å²) >= 11 is 0. The van der Waals surface area contributed by atoms with Crippen LogP contribution in [0, 0.1) is 0 Å². The average molecular weight is 171 g/mol. The molecule has 1 unspecified atom stereocenters. The lowest BCUT2D eigenvalue weighted by Gasteiger charge is -2.23. The van der Waals surface area contributed by atoms with Crippen LogP contribution in [0.25, 0.3) is 0 Å². The summed E-state index contributed by atoms with van der Waals surface area (Å²) in [7, 11) is 0. The van der Waals surface area contributed by atoms with Gasteiger partial charge in [-0.25, -0.2) is 0 Å². The molecule has 0 aliphatic carbocycles. The third-order valence-electron chi connectivity index (χ3n) is 2.54. The zero-order valence-electron chi connectivity index (χ0n) is 9.24. The molecular formula is C11H25N. The van der Waals surface area contributed by atoms with E-state index < -0.39 is 0 Å². The minimum absolute atomic E-state index is 0.496. The summed E-state index contributed by atoms with van der Waals surface area (Å²) in [6.07, 6.45) is 6.83. The molecule has 1 N–H and O–H groups in total. The molecule has 0 bridgehead atoms. The number of unbranched alkanes of at least 4 members (excludes halogenated alkanes) is 1. The lowest BCUT2D eigenvalue weighted by molar-refractivity contribution is 0.371. The van der Waals surface area contributed by atoms with Crippen molar-refractivity contribution in [3.05, 3.63) is 0 Å². The van der Waals surface area contributed by atoms with E-state index in [1.165, 1.54) is 38.6 Å². The zero-order valence-corrected chi connectivity index (χ0v) is 9.24. The SMILES string of the molecule is CC.CCCCC1(C)CCCN1. The molecule has 1 aliphatic rings. The van der Waals surface area contributed by atoms with Gasteiger partial charge in [0.05, 0.1) is 0 Å². The van der Waals surface area contributed by atoms with E-state index in [-0.39, 0.29) is 0 Å². The first-order valence-corrected chi connectivity index (χ1v) is 5.52. The third-order valence-corrected chi connectivity index (χ3v) is 2.54. The summed E-state index contributed by atoms with van der Waals surface area (Å²) in [5, 5.41) is 3.57. The minimum atomic E-state index is 0.496. The van der Waals surface area contributed by atoms with E-state index in [2.05, 4.69) is 19.2 Å². The highest BCUT2D eigenvalue weighted by molar-refractivity contribution is 4.87. The highest BCUT2D eigenvalue weighted by Crippen LogP contribution is 2.23. The molecule has 0 amide bonds. The predicted molar refractivity (Wildman–Crippen MR) is 56.5 cm³/mol. The van der Waals surface area contributed by atoms with Crippen molar-refractivity contribution in [1.82, 2.24) is 5.32 Å². The van der Waals surface area contributed by atoms with Gasteiger partial charge in [0.15, 0.2) is 0 Å². The Morgan fingerprint density at radius 1 is 1.33 bits per heavy atom. The van der Waals surface area contributed by atoms with Crippen LogP contribution in [0.4, 0.5) is 0 Å². The van der Waals surface area contributed by atoms with E-state index >= 15 is 0 Å². The van der Waals surface area contributed by atoms with Crippen LogP contribution >= 0.6 is 0 Å². The summed E-state index contributed by atoms with van der Waals surface area (Å²) in [5.74, 6) is 0. The van der Waals surface area contributed by atoms with Crippen LogP contribution in [0.2, 0.25) is 0 Å². The van der Waals surface area contributed by atoms with Gasteiger partial charge in [0.25, 0.3) is 0 Å². The molecule has 0 spiro atoms. The van der Waals surface area contributed by atoms with Crippen molar-refractivity contribution >= 4 is 0 Å². The molecule has 0 aromatic heterocycles. The Labute approximate surface area is 77.9 Å². The molecule has 0 aromatic carbocycles. The molecule has 1 heterocycles. The number of rotatable bonds is 3. The highest BCUT2D eigenvalue weighted by atomic mass is 15.0. The first kappa shape index (κ1) is 12.0. The first-order valence-electron chi connectivity index (χ1n) is 5.52. The molecule has 0 aromatic rings. The molecule has 1 rings (SSSR count). The Morgan fingerprint density at radius 2 is 2.00 bits per heavy atom. The van der Waals surface area contributed by atoms with Gasteiger partial charge in [0.2, 0.25) is 0 Å². The minimum Gasteiger partial charge on any atom is -0.312 e. The monoisotopic (exact) mass is 171 g/mol. The molecule has 1 aliphatic heterocycles. The van der Waals surface area contributed by atoms with Crippen molar-refractivity contribution in [3.8, 4) is 0 Å². The van der Waals surface area contributed by atoms with Crippen molar-refractivity contribution in [2.45, 2.75) is 65.3 Å². The topological polar surface area (TPSA) is 12.0 Å². The molecule has 1 saturated heterocycles. The van der Waals surface area contributed by atoms with Gasteiger partial charge in [0, 0.05) is 5.54 Å². The summed E-state index contributed by atoms with van der Waals surface area (Å²) in [6, 6.07) is 0. The van der Waals surface area contributed by atoms with Gasteiger partial charge in [-0.3, -0.25) is 0 Å². The lowest BCUT2D eigenvalue weighted by atomic mass is 9.94. The van der Waals surface area contributed by atoms with Crippen molar-refractivity contribution in [2.75, 3.05) is 6.54 Å². The van der Waals surface area contributed by atoms with E-state index in [9.17, 15) is 0 Å². The highest BCUT2D eigenvalue weighted by Gasteiger charge is 2.26. The Kier molecular flexibility index (Phi) is 6.45. The summed E-state index contributed by atoms with van der Waals surface area (Å²) in [4.78, 5) is 0.